The van der Waals surface area contributed by atoms with E-state index >= 15 is 0 Å². The summed E-state index contributed by atoms with van der Waals surface area (Å²) in [5.74, 6) is 1.83. The van der Waals surface area contributed by atoms with Crippen molar-refractivity contribution in [2.75, 3.05) is 20.1 Å². The number of piperidine rings is 1. The normalized spacial score (nSPS) is 18.6. The van der Waals surface area contributed by atoms with Gasteiger partial charge in [-0.2, -0.15) is 0 Å². The minimum Gasteiger partial charge on any atom is -0.306 e. The lowest BCUT2D eigenvalue weighted by Crippen LogP contribution is -2.31. The minimum atomic E-state index is 0.743. The van der Waals surface area contributed by atoms with Crippen LogP contribution in [0, 0.1) is 5.92 Å². The second kappa shape index (κ2) is 4.97. The monoisotopic (exact) mass is 308 g/mol. The number of likely N-dealkylation sites (tertiary alicyclic amines) is 1. The van der Waals surface area contributed by atoms with Gasteiger partial charge in [0.2, 0.25) is 0 Å². The molecule has 0 bridgehead atoms. The molecule has 0 unspecified atom stereocenters. The number of aromatic nitrogens is 3. The summed E-state index contributed by atoms with van der Waals surface area (Å²) in [4.78, 5) is 2.40. The van der Waals surface area contributed by atoms with E-state index in [1.54, 1.807) is 0 Å². The molecule has 4 nitrogen and oxygen atoms in total. The van der Waals surface area contributed by atoms with Crippen molar-refractivity contribution in [3.63, 3.8) is 0 Å². The maximum Gasteiger partial charge on any atom is 0.175 e. The van der Waals surface area contributed by atoms with E-state index in [1.165, 1.54) is 25.9 Å². The van der Waals surface area contributed by atoms with Crippen molar-refractivity contribution >= 4 is 21.6 Å². The number of fused-ring (bicyclic) bond motifs is 1. The van der Waals surface area contributed by atoms with Crippen molar-refractivity contribution in [3.8, 4) is 0 Å². The van der Waals surface area contributed by atoms with E-state index in [-0.39, 0.29) is 0 Å². The van der Waals surface area contributed by atoms with Gasteiger partial charge in [0.15, 0.2) is 5.65 Å². The summed E-state index contributed by atoms with van der Waals surface area (Å²) in [6, 6.07) is 4.03. The average Bonchev–Trinajstić information content (AvgIpc) is 2.77. The molecule has 5 heteroatoms. The minimum absolute atomic E-state index is 0.743. The average molecular weight is 309 g/mol. The van der Waals surface area contributed by atoms with E-state index in [4.69, 9.17) is 0 Å². The molecule has 1 saturated heterocycles. The molecule has 3 heterocycles. The van der Waals surface area contributed by atoms with Crippen LogP contribution in [0.2, 0.25) is 0 Å². The molecule has 1 aliphatic rings. The van der Waals surface area contributed by atoms with Gasteiger partial charge in [-0.3, -0.25) is 4.40 Å². The molecular weight excluding hydrogens is 292 g/mol. The Morgan fingerprint density at radius 1 is 1.33 bits per heavy atom. The van der Waals surface area contributed by atoms with Crippen molar-refractivity contribution < 1.29 is 0 Å². The summed E-state index contributed by atoms with van der Waals surface area (Å²) in [6.07, 6.45) is 5.61. The number of rotatable bonds is 2. The van der Waals surface area contributed by atoms with Crippen molar-refractivity contribution in [1.82, 2.24) is 19.5 Å². The van der Waals surface area contributed by atoms with Crippen LogP contribution in [0.1, 0.15) is 18.7 Å². The predicted octanol–water partition coefficient (Wildman–Crippen LogP) is 2.38. The highest BCUT2D eigenvalue weighted by Crippen LogP contribution is 2.22. The lowest BCUT2D eigenvalue weighted by molar-refractivity contribution is 0.217. The number of nitrogens with zero attached hydrogens (tertiary/aromatic N) is 4. The molecule has 0 saturated carbocycles. The fourth-order valence-electron chi connectivity index (χ4n) is 2.59. The first-order valence-corrected chi connectivity index (χ1v) is 7.20. The summed E-state index contributed by atoms with van der Waals surface area (Å²) in [7, 11) is 2.19. The van der Waals surface area contributed by atoms with Crippen LogP contribution in [-0.4, -0.2) is 39.6 Å². The molecule has 0 N–H and O–H groups in total. The molecule has 0 amide bonds. The lowest BCUT2D eigenvalue weighted by Gasteiger charge is -2.28. The maximum absolute atomic E-state index is 4.34. The Hall–Kier alpha value is -0.940. The van der Waals surface area contributed by atoms with E-state index < -0.39 is 0 Å². The summed E-state index contributed by atoms with van der Waals surface area (Å²) in [5.41, 5.74) is 0.917. The van der Waals surface area contributed by atoms with Gasteiger partial charge < -0.3 is 4.90 Å². The fraction of sp³-hybridized carbons (Fsp3) is 0.538. The molecule has 0 atom stereocenters. The number of halogens is 1. The van der Waals surface area contributed by atoms with Gasteiger partial charge in [-0.1, -0.05) is 0 Å². The van der Waals surface area contributed by atoms with Crippen molar-refractivity contribution in [2.24, 2.45) is 5.92 Å². The quantitative estimate of drug-likeness (QED) is 0.854. The summed E-state index contributed by atoms with van der Waals surface area (Å²) >= 11 is 3.51. The van der Waals surface area contributed by atoms with Gasteiger partial charge in [0.25, 0.3) is 0 Å². The standard InChI is InChI=1S/C13H17BrN4/c1-17-7-4-10(5-8-17)9-12-15-16-13-11(14)3-2-6-18(12)13/h2-3,6,10H,4-5,7-9H2,1H3. The lowest BCUT2D eigenvalue weighted by atomic mass is 9.93. The van der Waals surface area contributed by atoms with Gasteiger partial charge in [0.1, 0.15) is 5.82 Å². The molecule has 0 radical (unpaired) electrons. The molecule has 2 aromatic heterocycles. The molecule has 0 spiro atoms. The van der Waals surface area contributed by atoms with Crippen molar-refractivity contribution in [1.29, 1.82) is 0 Å². The van der Waals surface area contributed by atoms with Crippen molar-refractivity contribution in [2.45, 2.75) is 19.3 Å². The van der Waals surface area contributed by atoms with Crippen LogP contribution in [0.4, 0.5) is 0 Å². The zero-order valence-electron chi connectivity index (χ0n) is 10.5. The Labute approximate surface area is 115 Å². The largest absolute Gasteiger partial charge is 0.306 e. The van der Waals surface area contributed by atoms with Crippen LogP contribution >= 0.6 is 15.9 Å². The van der Waals surface area contributed by atoms with Gasteiger partial charge in [0, 0.05) is 12.6 Å². The van der Waals surface area contributed by atoms with Crippen LogP contribution in [0.3, 0.4) is 0 Å². The van der Waals surface area contributed by atoms with Crippen LogP contribution in [0.5, 0.6) is 0 Å². The highest BCUT2D eigenvalue weighted by atomic mass is 79.9. The molecule has 18 heavy (non-hydrogen) atoms. The summed E-state index contributed by atoms with van der Waals surface area (Å²) in [5, 5.41) is 8.59. The fourth-order valence-corrected chi connectivity index (χ4v) is 3.02. The first kappa shape index (κ1) is 12.1. The summed E-state index contributed by atoms with van der Waals surface area (Å²) in [6.45, 7) is 2.40. The molecule has 96 valence electrons. The SMILES string of the molecule is CN1CCC(Cc2nnc3c(Br)cccn23)CC1. The van der Waals surface area contributed by atoms with Crippen molar-refractivity contribution in [3.05, 3.63) is 28.6 Å². The van der Waals surface area contributed by atoms with Crippen LogP contribution in [-0.2, 0) is 6.42 Å². The molecule has 1 fully saturated rings. The van der Waals surface area contributed by atoms with Gasteiger partial charge in [-0.25, -0.2) is 0 Å². The Balaban J connectivity index is 1.81. The first-order chi connectivity index (χ1) is 8.74. The number of pyridine rings is 1. The third-order valence-electron chi connectivity index (χ3n) is 3.77. The number of hydrogen-bond donors (Lipinski definition) is 0. The Bertz CT molecular complexity index is 543. The predicted molar refractivity (Wildman–Crippen MR) is 74.6 cm³/mol. The topological polar surface area (TPSA) is 33.4 Å². The third-order valence-corrected chi connectivity index (χ3v) is 4.39. The second-order valence-corrected chi connectivity index (χ2v) is 5.97. The van der Waals surface area contributed by atoms with Gasteiger partial charge in [0.05, 0.1) is 4.47 Å². The second-order valence-electron chi connectivity index (χ2n) is 5.12. The van der Waals surface area contributed by atoms with E-state index in [1.807, 2.05) is 18.3 Å². The van der Waals surface area contributed by atoms with E-state index in [0.29, 0.717) is 0 Å². The van der Waals surface area contributed by atoms with E-state index in [9.17, 15) is 0 Å². The number of hydrogen-bond acceptors (Lipinski definition) is 3. The Morgan fingerprint density at radius 3 is 2.89 bits per heavy atom. The Morgan fingerprint density at radius 2 is 2.11 bits per heavy atom. The Kier molecular flexibility index (Phi) is 3.35. The highest BCUT2D eigenvalue weighted by Gasteiger charge is 2.19. The third kappa shape index (κ3) is 2.29. The summed E-state index contributed by atoms with van der Waals surface area (Å²) < 4.78 is 3.11. The van der Waals surface area contributed by atoms with Gasteiger partial charge in [-0.15, -0.1) is 10.2 Å². The molecule has 0 aliphatic carbocycles. The zero-order valence-corrected chi connectivity index (χ0v) is 12.1. The van der Waals surface area contributed by atoms with Gasteiger partial charge >= 0.3 is 0 Å². The molecule has 0 aromatic carbocycles. The van der Waals surface area contributed by atoms with Crippen LogP contribution < -0.4 is 0 Å². The molecule has 3 rings (SSSR count). The first-order valence-electron chi connectivity index (χ1n) is 6.40. The molecule has 2 aromatic rings. The maximum atomic E-state index is 4.34. The van der Waals surface area contributed by atoms with Crippen LogP contribution in [0.15, 0.2) is 22.8 Å². The van der Waals surface area contributed by atoms with E-state index in [2.05, 4.69) is 42.5 Å². The van der Waals surface area contributed by atoms with Crippen LogP contribution in [0.25, 0.3) is 5.65 Å². The van der Waals surface area contributed by atoms with E-state index in [0.717, 1.165) is 28.3 Å². The highest BCUT2D eigenvalue weighted by molar-refractivity contribution is 9.10. The smallest absolute Gasteiger partial charge is 0.175 e. The molecular formula is C13H17BrN4. The molecule has 1 aliphatic heterocycles. The zero-order chi connectivity index (χ0) is 12.5. The van der Waals surface area contributed by atoms with Gasteiger partial charge in [-0.05, 0) is 67.0 Å².